The van der Waals surface area contributed by atoms with Gasteiger partial charge in [0.05, 0.1) is 30.7 Å². The van der Waals surface area contributed by atoms with Crippen LogP contribution in [0.4, 0.5) is 5.69 Å². The number of para-hydroxylation sites is 1. The summed E-state index contributed by atoms with van der Waals surface area (Å²) >= 11 is 0. The smallest absolute Gasteiger partial charge is 0.262 e. The number of benzene rings is 2. The number of ether oxygens (including phenoxy) is 2. The molecule has 7 nitrogen and oxygen atoms in total. The second-order valence-electron chi connectivity index (χ2n) is 6.05. The Morgan fingerprint density at radius 3 is 2.34 bits per heavy atom. The monoisotopic (exact) mass is 394 g/mol. The number of nitrogens with one attached hydrogen (secondary N) is 2. The topological polar surface area (TPSA) is 89.8 Å². The summed E-state index contributed by atoms with van der Waals surface area (Å²) < 4.78 is 16.1. The van der Waals surface area contributed by atoms with Gasteiger partial charge in [0, 0.05) is 0 Å². The molecule has 2 N–H and O–H groups in total. The number of hydrogen-bond acceptors (Lipinski definition) is 5. The molecule has 0 aliphatic rings. The quantitative estimate of drug-likeness (QED) is 0.579. The molecule has 3 rings (SSSR count). The van der Waals surface area contributed by atoms with Crippen molar-refractivity contribution in [3.63, 3.8) is 0 Å². The summed E-state index contributed by atoms with van der Waals surface area (Å²) in [6, 6.07) is 17.3. The molecule has 0 aliphatic carbocycles. The maximum Gasteiger partial charge on any atom is 0.262 e. The summed E-state index contributed by atoms with van der Waals surface area (Å²) in [5.74, 6) is 1.24. The predicted octanol–water partition coefficient (Wildman–Crippen LogP) is 3.63. The van der Waals surface area contributed by atoms with E-state index in [1.807, 2.05) is 6.92 Å². The van der Waals surface area contributed by atoms with Crippen molar-refractivity contribution in [1.82, 2.24) is 5.32 Å². The fourth-order valence-electron chi connectivity index (χ4n) is 2.60. The Morgan fingerprint density at radius 2 is 1.66 bits per heavy atom. The van der Waals surface area contributed by atoms with Gasteiger partial charge in [-0.1, -0.05) is 12.1 Å². The molecule has 0 saturated carbocycles. The van der Waals surface area contributed by atoms with E-state index < -0.39 is 0 Å². The van der Waals surface area contributed by atoms with Crippen LogP contribution < -0.4 is 20.1 Å². The van der Waals surface area contributed by atoms with Gasteiger partial charge >= 0.3 is 0 Å². The van der Waals surface area contributed by atoms with E-state index in [2.05, 4.69) is 10.6 Å². The molecular weight excluding hydrogens is 372 g/mol. The van der Waals surface area contributed by atoms with Crippen LogP contribution in [-0.4, -0.2) is 25.0 Å². The molecule has 29 heavy (non-hydrogen) atoms. The minimum Gasteiger partial charge on any atom is -0.494 e. The van der Waals surface area contributed by atoms with E-state index in [0.29, 0.717) is 29.4 Å². The zero-order chi connectivity index (χ0) is 20.5. The van der Waals surface area contributed by atoms with E-state index >= 15 is 0 Å². The number of carbonyl (C=O) groups excluding carboxylic acids is 2. The van der Waals surface area contributed by atoms with Gasteiger partial charge in [-0.15, -0.1) is 0 Å². The van der Waals surface area contributed by atoms with Crippen molar-refractivity contribution in [2.75, 3.05) is 18.5 Å². The molecule has 1 heterocycles. The van der Waals surface area contributed by atoms with Gasteiger partial charge < -0.3 is 24.5 Å². The van der Waals surface area contributed by atoms with Crippen molar-refractivity contribution in [2.24, 2.45) is 0 Å². The van der Waals surface area contributed by atoms with Gasteiger partial charge in [0.15, 0.2) is 6.61 Å². The van der Waals surface area contributed by atoms with Crippen molar-refractivity contribution in [3.8, 4) is 11.5 Å². The van der Waals surface area contributed by atoms with Gasteiger partial charge in [-0.2, -0.15) is 0 Å². The van der Waals surface area contributed by atoms with Crippen LogP contribution in [-0.2, 0) is 11.3 Å². The zero-order valence-electron chi connectivity index (χ0n) is 16.0. The summed E-state index contributed by atoms with van der Waals surface area (Å²) in [6.45, 7) is 2.56. The number of amides is 2. The number of rotatable bonds is 9. The molecule has 7 heteroatoms. The van der Waals surface area contributed by atoms with Crippen molar-refractivity contribution >= 4 is 17.5 Å². The lowest BCUT2D eigenvalue weighted by molar-refractivity contribution is -0.118. The maximum atomic E-state index is 12.5. The fraction of sp³-hybridized carbons (Fsp3) is 0.182. The van der Waals surface area contributed by atoms with Crippen LogP contribution in [0, 0.1) is 0 Å². The second-order valence-corrected chi connectivity index (χ2v) is 6.05. The Hall–Kier alpha value is -3.74. The first-order valence-corrected chi connectivity index (χ1v) is 9.21. The normalized spacial score (nSPS) is 10.2. The number of furan rings is 1. The lowest BCUT2D eigenvalue weighted by Gasteiger charge is -2.12. The fourth-order valence-corrected chi connectivity index (χ4v) is 2.60. The van der Waals surface area contributed by atoms with Gasteiger partial charge in [0.1, 0.15) is 17.3 Å². The molecule has 0 bridgehead atoms. The Bertz CT molecular complexity index is 936. The number of carbonyl (C=O) groups is 2. The summed E-state index contributed by atoms with van der Waals surface area (Å²) in [7, 11) is 0. The molecule has 0 saturated heterocycles. The van der Waals surface area contributed by atoms with E-state index in [0.717, 1.165) is 5.75 Å². The highest BCUT2D eigenvalue weighted by Gasteiger charge is 2.13. The van der Waals surface area contributed by atoms with E-state index in [4.69, 9.17) is 13.9 Å². The SMILES string of the molecule is CCOc1ccc(OCC(=O)Nc2ccccc2C(=O)NCc2ccco2)cc1. The lowest BCUT2D eigenvalue weighted by Crippen LogP contribution is -2.26. The minimum atomic E-state index is -0.370. The van der Waals surface area contributed by atoms with Crippen LogP contribution in [0.2, 0.25) is 0 Å². The van der Waals surface area contributed by atoms with Gasteiger partial charge in [0.25, 0.3) is 11.8 Å². The van der Waals surface area contributed by atoms with E-state index in [-0.39, 0.29) is 25.0 Å². The summed E-state index contributed by atoms with van der Waals surface area (Å²) in [6.07, 6.45) is 1.54. The highest BCUT2D eigenvalue weighted by molar-refractivity contribution is 6.03. The predicted molar refractivity (Wildman–Crippen MR) is 108 cm³/mol. The van der Waals surface area contributed by atoms with Gasteiger partial charge in [-0.25, -0.2) is 0 Å². The summed E-state index contributed by atoms with van der Waals surface area (Å²) in [5, 5.41) is 5.47. The molecule has 0 spiro atoms. The van der Waals surface area contributed by atoms with E-state index in [9.17, 15) is 9.59 Å². The molecule has 150 valence electrons. The average molecular weight is 394 g/mol. The van der Waals surface area contributed by atoms with Crippen molar-refractivity contribution in [3.05, 3.63) is 78.3 Å². The van der Waals surface area contributed by atoms with Crippen LogP contribution in [0.3, 0.4) is 0 Å². The standard InChI is InChI=1S/C22H22N2O5/c1-2-27-16-9-11-17(12-10-16)29-15-21(25)24-20-8-4-3-7-19(20)22(26)23-14-18-6-5-13-28-18/h3-13H,2,14-15H2,1H3,(H,23,26)(H,24,25). The molecular formula is C22H22N2O5. The van der Waals surface area contributed by atoms with Crippen LogP contribution in [0.5, 0.6) is 11.5 Å². The molecule has 2 amide bonds. The molecule has 0 fully saturated rings. The average Bonchev–Trinajstić information content (AvgIpc) is 3.26. The molecule has 0 radical (unpaired) electrons. The first-order valence-electron chi connectivity index (χ1n) is 9.21. The van der Waals surface area contributed by atoms with Crippen LogP contribution >= 0.6 is 0 Å². The Morgan fingerprint density at radius 1 is 0.931 bits per heavy atom. The van der Waals surface area contributed by atoms with Crippen molar-refractivity contribution < 1.29 is 23.5 Å². The lowest BCUT2D eigenvalue weighted by atomic mass is 10.1. The largest absolute Gasteiger partial charge is 0.494 e. The van der Waals surface area contributed by atoms with E-state index in [1.165, 1.54) is 0 Å². The molecule has 0 aliphatic heterocycles. The van der Waals surface area contributed by atoms with Crippen molar-refractivity contribution in [1.29, 1.82) is 0 Å². The minimum absolute atomic E-state index is 0.184. The van der Waals surface area contributed by atoms with Gasteiger partial charge in [-0.05, 0) is 55.5 Å². The maximum absolute atomic E-state index is 12.5. The third kappa shape index (κ3) is 5.87. The molecule has 2 aromatic carbocycles. The van der Waals surface area contributed by atoms with E-state index in [1.54, 1.807) is 66.9 Å². The Kier molecular flexibility index (Phi) is 6.89. The van der Waals surface area contributed by atoms with Crippen LogP contribution in [0.15, 0.2) is 71.3 Å². The highest BCUT2D eigenvalue weighted by atomic mass is 16.5. The van der Waals surface area contributed by atoms with Gasteiger partial charge in [0.2, 0.25) is 0 Å². The molecule has 0 atom stereocenters. The first-order chi connectivity index (χ1) is 14.2. The number of anilines is 1. The Balaban J connectivity index is 1.55. The number of hydrogen-bond donors (Lipinski definition) is 2. The molecule has 3 aromatic rings. The second kappa shape index (κ2) is 9.98. The zero-order valence-corrected chi connectivity index (χ0v) is 16.0. The molecule has 1 aromatic heterocycles. The third-order valence-electron chi connectivity index (χ3n) is 3.95. The highest BCUT2D eigenvalue weighted by Crippen LogP contribution is 2.18. The molecule has 0 unspecified atom stereocenters. The summed E-state index contributed by atoms with van der Waals surface area (Å²) in [4.78, 5) is 24.7. The summed E-state index contributed by atoms with van der Waals surface area (Å²) in [5.41, 5.74) is 0.762. The Labute approximate surface area is 168 Å². The third-order valence-corrected chi connectivity index (χ3v) is 3.95. The van der Waals surface area contributed by atoms with Crippen LogP contribution in [0.25, 0.3) is 0 Å². The first kappa shape index (κ1) is 20.0. The van der Waals surface area contributed by atoms with Crippen LogP contribution in [0.1, 0.15) is 23.0 Å². The van der Waals surface area contributed by atoms with Crippen molar-refractivity contribution in [2.45, 2.75) is 13.5 Å². The van der Waals surface area contributed by atoms with Gasteiger partial charge in [-0.3, -0.25) is 9.59 Å².